The Kier molecular flexibility index (Phi) is 4.11. The van der Waals surface area contributed by atoms with Crippen LogP contribution in [0.15, 0.2) is 48.5 Å². The quantitative estimate of drug-likeness (QED) is 0.818. The number of fused-ring (bicyclic) bond motifs is 1. The van der Waals surface area contributed by atoms with Gasteiger partial charge in [-0.15, -0.1) is 0 Å². The molecule has 0 atom stereocenters. The molecule has 5 heteroatoms. The van der Waals surface area contributed by atoms with E-state index in [0.717, 1.165) is 17.7 Å². The second-order valence-electron chi connectivity index (χ2n) is 4.98. The summed E-state index contributed by atoms with van der Waals surface area (Å²) in [5, 5.41) is 0.312. The van der Waals surface area contributed by atoms with Crippen LogP contribution < -0.4 is 4.90 Å². The number of hydrogen-bond donors (Lipinski definition) is 0. The second-order valence-corrected chi connectivity index (χ2v) is 5.39. The van der Waals surface area contributed by atoms with Gasteiger partial charge in [-0.1, -0.05) is 41.9 Å². The Labute approximate surface area is 133 Å². The van der Waals surface area contributed by atoms with Crippen molar-refractivity contribution in [2.24, 2.45) is 0 Å². The fourth-order valence-electron chi connectivity index (χ4n) is 2.51. The van der Waals surface area contributed by atoms with Gasteiger partial charge in [0.2, 0.25) is 0 Å². The standard InChI is InChI=1S/C17H14ClNO3/c18-14-7-3-2-6-13(14)17(21)22-11-16(20)19-10-9-12-5-1-4-8-15(12)19/h1-8H,9-11H2. The SMILES string of the molecule is O=C(OCC(=O)N1CCc2ccccc21)c1ccccc1Cl. The van der Waals surface area contributed by atoms with Gasteiger partial charge in [-0.05, 0) is 30.2 Å². The molecular weight excluding hydrogens is 302 g/mol. The Balaban J connectivity index is 1.64. The normalized spacial score (nSPS) is 12.9. The van der Waals surface area contributed by atoms with Gasteiger partial charge >= 0.3 is 5.97 Å². The number of carbonyl (C=O) groups excluding carboxylic acids is 2. The topological polar surface area (TPSA) is 46.6 Å². The first-order valence-corrected chi connectivity index (χ1v) is 7.34. The summed E-state index contributed by atoms with van der Waals surface area (Å²) >= 11 is 5.93. The second kappa shape index (κ2) is 6.20. The molecule has 0 fully saturated rings. The average Bonchev–Trinajstić information content (AvgIpc) is 2.97. The molecule has 0 aliphatic carbocycles. The summed E-state index contributed by atoms with van der Waals surface area (Å²) in [5.74, 6) is -0.822. The molecule has 22 heavy (non-hydrogen) atoms. The smallest absolute Gasteiger partial charge is 0.340 e. The van der Waals surface area contributed by atoms with E-state index in [4.69, 9.17) is 16.3 Å². The van der Waals surface area contributed by atoms with Crippen molar-refractivity contribution in [1.29, 1.82) is 0 Å². The van der Waals surface area contributed by atoms with Crippen LogP contribution in [0.1, 0.15) is 15.9 Å². The summed E-state index contributed by atoms with van der Waals surface area (Å²) in [6, 6.07) is 14.3. The van der Waals surface area contributed by atoms with E-state index in [1.807, 2.05) is 24.3 Å². The van der Waals surface area contributed by atoms with Gasteiger partial charge < -0.3 is 9.64 Å². The van der Waals surface area contributed by atoms with E-state index < -0.39 is 5.97 Å². The van der Waals surface area contributed by atoms with Crippen molar-refractivity contribution in [3.63, 3.8) is 0 Å². The number of anilines is 1. The van der Waals surface area contributed by atoms with Crippen LogP contribution in [-0.2, 0) is 16.0 Å². The predicted octanol–water partition coefficient (Wildman–Crippen LogP) is 3.09. The third-order valence-corrected chi connectivity index (χ3v) is 3.94. The monoisotopic (exact) mass is 315 g/mol. The molecule has 1 heterocycles. The van der Waals surface area contributed by atoms with Crippen LogP contribution in [0.4, 0.5) is 5.69 Å². The molecule has 0 unspecified atom stereocenters. The fourth-order valence-corrected chi connectivity index (χ4v) is 2.72. The van der Waals surface area contributed by atoms with Gasteiger partial charge in [0.25, 0.3) is 5.91 Å². The molecule has 0 radical (unpaired) electrons. The van der Waals surface area contributed by atoms with Crippen LogP contribution in [0.5, 0.6) is 0 Å². The zero-order valence-corrected chi connectivity index (χ0v) is 12.5. The molecule has 0 saturated heterocycles. The minimum atomic E-state index is -0.591. The maximum atomic E-state index is 12.2. The van der Waals surface area contributed by atoms with Crippen molar-refractivity contribution >= 4 is 29.2 Å². The van der Waals surface area contributed by atoms with Crippen molar-refractivity contribution in [3.8, 4) is 0 Å². The van der Waals surface area contributed by atoms with E-state index in [9.17, 15) is 9.59 Å². The number of nitrogens with zero attached hydrogens (tertiary/aromatic N) is 1. The Hall–Kier alpha value is -2.33. The number of carbonyl (C=O) groups is 2. The molecule has 3 rings (SSSR count). The Morgan fingerprint density at radius 2 is 1.82 bits per heavy atom. The molecule has 1 aliphatic heterocycles. The zero-order chi connectivity index (χ0) is 15.5. The lowest BCUT2D eigenvalue weighted by Gasteiger charge is -2.17. The molecule has 0 spiro atoms. The summed E-state index contributed by atoms with van der Waals surface area (Å²) in [7, 11) is 0. The molecule has 2 aromatic carbocycles. The lowest BCUT2D eigenvalue weighted by atomic mass is 10.2. The number of para-hydroxylation sites is 1. The lowest BCUT2D eigenvalue weighted by Crippen LogP contribution is -2.33. The van der Waals surface area contributed by atoms with E-state index in [0.29, 0.717) is 11.6 Å². The highest BCUT2D eigenvalue weighted by molar-refractivity contribution is 6.33. The van der Waals surface area contributed by atoms with Gasteiger partial charge in [0.1, 0.15) is 0 Å². The zero-order valence-electron chi connectivity index (χ0n) is 11.8. The van der Waals surface area contributed by atoms with Crippen LogP contribution >= 0.6 is 11.6 Å². The van der Waals surface area contributed by atoms with Crippen LogP contribution in [0.25, 0.3) is 0 Å². The van der Waals surface area contributed by atoms with Crippen molar-refractivity contribution in [3.05, 3.63) is 64.7 Å². The van der Waals surface area contributed by atoms with Crippen molar-refractivity contribution in [1.82, 2.24) is 0 Å². The summed E-state index contributed by atoms with van der Waals surface area (Å²) in [4.78, 5) is 25.8. The van der Waals surface area contributed by atoms with Crippen molar-refractivity contribution in [2.45, 2.75) is 6.42 Å². The Morgan fingerprint density at radius 3 is 2.64 bits per heavy atom. The molecule has 0 N–H and O–H groups in total. The number of halogens is 1. The molecule has 4 nitrogen and oxygen atoms in total. The predicted molar refractivity (Wildman–Crippen MR) is 84.2 cm³/mol. The number of hydrogen-bond acceptors (Lipinski definition) is 3. The first kappa shape index (κ1) is 14.6. The lowest BCUT2D eigenvalue weighted by molar-refractivity contribution is -0.121. The molecule has 112 valence electrons. The van der Waals surface area contributed by atoms with E-state index in [1.165, 1.54) is 0 Å². The molecule has 0 aromatic heterocycles. The highest BCUT2D eigenvalue weighted by Crippen LogP contribution is 2.27. The van der Waals surface area contributed by atoms with Crippen LogP contribution in [0.3, 0.4) is 0 Å². The minimum Gasteiger partial charge on any atom is -0.452 e. The first-order chi connectivity index (χ1) is 10.7. The van der Waals surface area contributed by atoms with Crippen LogP contribution in [0.2, 0.25) is 5.02 Å². The third kappa shape index (κ3) is 2.83. The number of benzene rings is 2. The molecule has 2 aromatic rings. The Bertz CT molecular complexity index is 729. The molecular formula is C17H14ClNO3. The van der Waals surface area contributed by atoms with E-state index in [1.54, 1.807) is 29.2 Å². The number of esters is 1. The molecule has 0 bridgehead atoms. The van der Waals surface area contributed by atoms with Gasteiger partial charge in [0, 0.05) is 12.2 Å². The highest BCUT2D eigenvalue weighted by atomic mass is 35.5. The van der Waals surface area contributed by atoms with Gasteiger partial charge in [-0.2, -0.15) is 0 Å². The van der Waals surface area contributed by atoms with Gasteiger partial charge in [0.05, 0.1) is 10.6 Å². The molecule has 1 amide bonds. The number of rotatable bonds is 3. The molecule has 1 aliphatic rings. The number of amides is 1. The minimum absolute atomic E-state index is 0.231. The van der Waals surface area contributed by atoms with E-state index >= 15 is 0 Å². The van der Waals surface area contributed by atoms with Gasteiger partial charge in [0.15, 0.2) is 6.61 Å². The van der Waals surface area contributed by atoms with E-state index in [-0.39, 0.29) is 18.1 Å². The van der Waals surface area contributed by atoms with Gasteiger partial charge in [-0.25, -0.2) is 4.79 Å². The van der Waals surface area contributed by atoms with Crippen LogP contribution in [0, 0.1) is 0 Å². The van der Waals surface area contributed by atoms with Gasteiger partial charge in [-0.3, -0.25) is 4.79 Å². The molecule has 0 saturated carbocycles. The maximum Gasteiger partial charge on any atom is 0.340 e. The highest BCUT2D eigenvalue weighted by Gasteiger charge is 2.25. The van der Waals surface area contributed by atoms with E-state index in [2.05, 4.69) is 0 Å². The third-order valence-electron chi connectivity index (χ3n) is 3.61. The van der Waals surface area contributed by atoms with Crippen molar-refractivity contribution in [2.75, 3.05) is 18.1 Å². The average molecular weight is 316 g/mol. The fraction of sp³-hybridized carbons (Fsp3) is 0.176. The first-order valence-electron chi connectivity index (χ1n) is 6.97. The maximum absolute atomic E-state index is 12.2. The number of ether oxygens (including phenoxy) is 1. The summed E-state index contributed by atoms with van der Waals surface area (Å²) in [5.41, 5.74) is 2.29. The summed E-state index contributed by atoms with van der Waals surface area (Å²) in [6.07, 6.45) is 0.820. The summed E-state index contributed by atoms with van der Waals surface area (Å²) in [6.45, 7) is 0.320. The Morgan fingerprint density at radius 1 is 1.09 bits per heavy atom. The van der Waals surface area contributed by atoms with Crippen molar-refractivity contribution < 1.29 is 14.3 Å². The largest absolute Gasteiger partial charge is 0.452 e. The summed E-state index contributed by atoms with van der Waals surface area (Å²) < 4.78 is 5.08. The van der Waals surface area contributed by atoms with Crippen LogP contribution in [-0.4, -0.2) is 25.0 Å².